The predicted molar refractivity (Wildman–Crippen MR) is 119 cm³/mol. The van der Waals surface area contributed by atoms with Gasteiger partial charge in [0.05, 0.1) is 9.38 Å². The van der Waals surface area contributed by atoms with Crippen LogP contribution in [-0.4, -0.2) is 30.1 Å². The zero-order valence-electron chi connectivity index (χ0n) is 14.2. The largest absolute Gasteiger partial charge is 0.488 e. The van der Waals surface area contributed by atoms with E-state index in [4.69, 9.17) is 4.74 Å². The van der Waals surface area contributed by atoms with Crippen molar-refractivity contribution in [3.8, 4) is 5.75 Å². The molecule has 1 fully saturated rings. The maximum Gasteiger partial charge on any atom is 0.266 e. The molecule has 0 aliphatic carbocycles. The Morgan fingerprint density at radius 2 is 2.00 bits per heavy atom. The summed E-state index contributed by atoms with van der Waals surface area (Å²) in [5, 5.41) is 0.706. The minimum absolute atomic E-state index is 0.0363. The number of thioether (sulfide) groups is 1. The molecule has 1 aliphatic rings. The van der Waals surface area contributed by atoms with Crippen LogP contribution in [0.1, 0.15) is 11.1 Å². The van der Waals surface area contributed by atoms with E-state index in [1.54, 1.807) is 19.0 Å². The number of carbonyl (C=O) groups excluding carboxylic acids is 1. The zero-order chi connectivity index (χ0) is 18.7. The molecule has 3 rings (SSSR count). The quantitative estimate of drug-likeness (QED) is 0.395. The average molecular weight is 543 g/mol. The summed E-state index contributed by atoms with van der Waals surface area (Å²) in [6.07, 6.45) is 1.87. The molecule has 0 spiro atoms. The highest BCUT2D eigenvalue weighted by Crippen LogP contribution is 2.33. The molecule has 0 unspecified atom stereocenters. The lowest BCUT2D eigenvalue weighted by Crippen LogP contribution is -2.23. The standard InChI is InChI=1S/C19H16BrIN2O2S/c1-22-19-23(2)18(24)17(26-19)10-13-5-8-16(15(20)9-13)25-11-12-3-6-14(21)7-4-12/h3-10H,11H2,1-2H3/b17-10+,22-19?. The Labute approximate surface area is 179 Å². The number of amides is 1. The number of likely N-dealkylation sites (N-methyl/N-ethyl adjacent to an activating group) is 1. The fourth-order valence-electron chi connectivity index (χ4n) is 2.37. The van der Waals surface area contributed by atoms with Gasteiger partial charge >= 0.3 is 0 Å². The van der Waals surface area contributed by atoms with E-state index in [-0.39, 0.29) is 5.91 Å². The van der Waals surface area contributed by atoms with Crippen LogP contribution in [-0.2, 0) is 11.4 Å². The molecule has 4 nitrogen and oxygen atoms in total. The molecule has 1 saturated heterocycles. The number of aliphatic imine (C=N–C) groups is 1. The van der Waals surface area contributed by atoms with Crippen LogP contribution < -0.4 is 4.74 Å². The molecule has 1 aliphatic heterocycles. The summed E-state index contributed by atoms with van der Waals surface area (Å²) < 4.78 is 7.94. The molecular formula is C19H16BrIN2O2S. The highest BCUT2D eigenvalue weighted by molar-refractivity contribution is 14.1. The molecule has 134 valence electrons. The van der Waals surface area contributed by atoms with Crippen molar-refractivity contribution < 1.29 is 9.53 Å². The molecule has 1 heterocycles. The summed E-state index contributed by atoms with van der Waals surface area (Å²) in [5.74, 6) is 0.731. The second-order valence-corrected chi connectivity index (χ2v) is 8.70. The monoisotopic (exact) mass is 542 g/mol. The second kappa shape index (κ2) is 8.58. The minimum atomic E-state index is -0.0363. The number of benzene rings is 2. The minimum Gasteiger partial charge on any atom is -0.488 e. The van der Waals surface area contributed by atoms with Crippen LogP contribution in [0.2, 0.25) is 0 Å². The maximum absolute atomic E-state index is 12.2. The van der Waals surface area contributed by atoms with E-state index in [0.29, 0.717) is 16.7 Å². The summed E-state index contributed by atoms with van der Waals surface area (Å²) in [6.45, 7) is 0.505. The van der Waals surface area contributed by atoms with E-state index in [1.807, 2.05) is 24.3 Å². The molecular weight excluding hydrogens is 527 g/mol. The van der Waals surface area contributed by atoms with Crippen LogP contribution in [0.15, 0.2) is 56.8 Å². The molecule has 0 saturated carbocycles. The number of nitrogens with zero attached hydrogens (tertiary/aromatic N) is 2. The zero-order valence-corrected chi connectivity index (χ0v) is 18.8. The van der Waals surface area contributed by atoms with Gasteiger partial charge in [-0.05, 0) is 91.8 Å². The number of hydrogen-bond acceptors (Lipinski definition) is 4. The molecule has 2 aromatic rings. The fraction of sp³-hybridized carbons (Fsp3) is 0.158. The second-order valence-electron chi connectivity index (χ2n) is 5.59. The van der Waals surface area contributed by atoms with Crippen LogP contribution in [0.3, 0.4) is 0 Å². The van der Waals surface area contributed by atoms with E-state index < -0.39 is 0 Å². The molecule has 0 bridgehead atoms. The van der Waals surface area contributed by atoms with Gasteiger partial charge in [-0.1, -0.05) is 18.2 Å². The lowest BCUT2D eigenvalue weighted by Gasteiger charge is -2.09. The van der Waals surface area contributed by atoms with Gasteiger partial charge in [0.15, 0.2) is 5.17 Å². The van der Waals surface area contributed by atoms with Crippen molar-refractivity contribution in [2.24, 2.45) is 4.99 Å². The van der Waals surface area contributed by atoms with E-state index >= 15 is 0 Å². The van der Waals surface area contributed by atoms with Crippen LogP contribution in [0, 0.1) is 3.57 Å². The van der Waals surface area contributed by atoms with E-state index in [9.17, 15) is 4.79 Å². The Kier molecular flexibility index (Phi) is 6.42. The number of rotatable bonds is 4. The highest BCUT2D eigenvalue weighted by Gasteiger charge is 2.29. The van der Waals surface area contributed by atoms with Crippen molar-refractivity contribution in [2.75, 3.05) is 14.1 Å². The third kappa shape index (κ3) is 4.50. The van der Waals surface area contributed by atoms with E-state index in [0.717, 1.165) is 21.3 Å². The number of halogens is 2. The molecule has 7 heteroatoms. The average Bonchev–Trinajstić information content (AvgIpc) is 2.90. The summed E-state index contributed by atoms with van der Waals surface area (Å²) in [4.78, 5) is 18.6. The molecule has 0 radical (unpaired) electrons. The smallest absolute Gasteiger partial charge is 0.266 e. The first kappa shape index (κ1) is 19.4. The number of amidine groups is 1. The third-order valence-electron chi connectivity index (χ3n) is 3.76. The summed E-state index contributed by atoms with van der Waals surface area (Å²) in [5.41, 5.74) is 2.05. The SMILES string of the molecule is CN=C1S/C(=C/c2ccc(OCc3ccc(I)cc3)c(Br)c2)C(=O)N1C. The topological polar surface area (TPSA) is 41.9 Å². The summed E-state index contributed by atoms with van der Waals surface area (Å²) >= 11 is 7.22. The van der Waals surface area contributed by atoms with Crippen molar-refractivity contribution in [1.82, 2.24) is 4.90 Å². The normalized spacial score (nSPS) is 17.4. The Balaban J connectivity index is 1.72. The lowest BCUT2D eigenvalue weighted by molar-refractivity contribution is -0.121. The molecule has 0 atom stereocenters. The van der Waals surface area contributed by atoms with Crippen molar-refractivity contribution in [3.63, 3.8) is 0 Å². The fourth-order valence-corrected chi connectivity index (χ4v) is 4.16. The maximum atomic E-state index is 12.2. The Morgan fingerprint density at radius 1 is 1.27 bits per heavy atom. The van der Waals surface area contributed by atoms with Gasteiger partial charge in [0.2, 0.25) is 0 Å². The summed E-state index contributed by atoms with van der Waals surface area (Å²) in [6, 6.07) is 14.0. The van der Waals surface area contributed by atoms with Crippen LogP contribution >= 0.6 is 50.3 Å². The number of ether oxygens (including phenoxy) is 1. The van der Waals surface area contributed by atoms with Crippen molar-refractivity contribution >= 4 is 67.4 Å². The van der Waals surface area contributed by atoms with Gasteiger partial charge < -0.3 is 4.74 Å². The van der Waals surface area contributed by atoms with Crippen LogP contribution in [0.4, 0.5) is 0 Å². The van der Waals surface area contributed by atoms with Gasteiger partial charge in [-0.3, -0.25) is 14.7 Å². The van der Waals surface area contributed by atoms with Gasteiger partial charge in [0, 0.05) is 17.7 Å². The van der Waals surface area contributed by atoms with Crippen molar-refractivity contribution in [2.45, 2.75) is 6.61 Å². The van der Waals surface area contributed by atoms with E-state index in [1.165, 1.54) is 15.3 Å². The van der Waals surface area contributed by atoms with Gasteiger partial charge in [0.25, 0.3) is 5.91 Å². The van der Waals surface area contributed by atoms with Crippen LogP contribution in [0.25, 0.3) is 6.08 Å². The predicted octanol–water partition coefficient (Wildman–Crippen LogP) is 5.16. The first-order chi connectivity index (χ1) is 12.5. The molecule has 1 amide bonds. The molecule has 2 aromatic carbocycles. The molecule has 0 aromatic heterocycles. The Bertz CT molecular complexity index is 897. The van der Waals surface area contributed by atoms with Gasteiger partial charge in [0.1, 0.15) is 12.4 Å². The molecule has 26 heavy (non-hydrogen) atoms. The first-order valence-electron chi connectivity index (χ1n) is 7.79. The van der Waals surface area contributed by atoms with Gasteiger partial charge in [-0.2, -0.15) is 0 Å². The first-order valence-corrected chi connectivity index (χ1v) is 10.5. The van der Waals surface area contributed by atoms with Gasteiger partial charge in [-0.15, -0.1) is 0 Å². The highest BCUT2D eigenvalue weighted by atomic mass is 127. The third-order valence-corrected chi connectivity index (χ3v) is 6.25. The summed E-state index contributed by atoms with van der Waals surface area (Å²) in [7, 11) is 3.42. The van der Waals surface area contributed by atoms with Crippen LogP contribution in [0.5, 0.6) is 5.75 Å². The Hall–Kier alpha value is -1.32. The van der Waals surface area contributed by atoms with Gasteiger partial charge in [-0.25, -0.2) is 0 Å². The molecule has 0 N–H and O–H groups in total. The lowest BCUT2D eigenvalue weighted by atomic mass is 10.2. The number of hydrogen-bond donors (Lipinski definition) is 0. The van der Waals surface area contributed by atoms with E-state index in [2.05, 4.69) is 67.8 Å². The Morgan fingerprint density at radius 3 is 2.62 bits per heavy atom. The van der Waals surface area contributed by atoms with Crippen molar-refractivity contribution in [3.05, 3.63) is 66.5 Å². The van der Waals surface area contributed by atoms with Crippen molar-refractivity contribution in [1.29, 1.82) is 0 Å². The number of carbonyl (C=O) groups is 1.